The lowest BCUT2D eigenvalue weighted by Crippen LogP contribution is -2.30. The van der Waals surface area contributed by atoms with Crippen molar-refractivity contribution in [2.24, 2.45) is 5.41 Å². The summed E-state index contributed by atoms with van der Waals surface area (Å²) in [6, 6.07) is 0. The number of hydrogen-bond donors (Lipinski definition) is 2. The monoisotopic (exact) mass is 134 g/mol. The predicted octanol–water partition coefficient (Wildman–Crippen LogP) is -0.376. The van der Waals surface area contributed by atoms with Crippen LogP contribution in [0.4, 0.5) is 0 Å². The van der Waals surface area contributed by atoms with Crippen LogP contribution in [0.15, 0.2) is 0 Å². The van der Waals surface area contributed by atoms with Crippen molar-refractivity contribution in [1.82, 2.24) is 0 Å². The Morgan fingerprint density at radius 1 is 1.33 bits per heavy atom. The van der Waals surface area contributed by atoms with E-state index in [1.165, 1.54) is 0 Å². The third-order valence-electron chi connectivity index (χ3n) is 1.26. The molecule has 0 saturated carbocycles. The van der Waals surface area contributed by atoms with Crippen molar-refractivity contribution in [2.45, 2.75) is 6.92 Å². The topological polar surface area (TPSA) is 49.7 Å². The van der Waals surface area contributed by atoms with Gasteiger partial charge in [0.1, 0.15) is 0 Å². The van der Waals surface area contributed by atoms with Crippen LogP contribution in [0.3, 0.4) is 0 Å². The van der Waals surface area contributed by atoms with Crippen LogP contribution in [-0.4, -0.2) is 37.1 Å². The van der Waals surface area contributed by atoms with Crippen LogP contribution in [0.25, 0.3) is 0 Å². The smallest absolute Gasteiger partial charge is 0.0560 e. The summed E-state index contributed by atoms with van der Waals surface area (Å²) in [5.74, 6) is 0. The standard InChI is InChI=1S/C6H14O3/c1-6(3-7,4-8)5-9-2/h7-8H,3-5H2,1-2H3. The average molecular weight is 134 g/mol. The summed E-state index contributed by atoms with van der Waals surface area (Å²) < 4.78 is 4.77. The van der Waals surface area contributed by atoms with Gasteiger partial charge < -0.3 is 14.9 Å². The molecule has 0 radical (unpaired) electrons. The Balaban J connectivity index is 3.62. The van der Waals surface area contributed by atoms with E-state index in [2.05, 4.69) is 0 Å². The molecular formula is C6H14O3. The van der Waals surface area contributed by atoms with Crippen molar-refractivity contribution in [2.75, 3.05) is 26.9 Å². The van der Waals surface area contributed by atoms with E-state index in [1.54, 1.807) is 14.0 Å². The van der Waals surface area contributed by atoms with Gasteiger partial charge in [-0.05, 0) is 0 Å². The van der Waals surface area contributed by atoms with Crippen molar-refractivity contribution in [1.29, 1.82) is 0 Å². The molecule has 0 aromatic carbocycles. The second-order valence-corrected chi connectivity index (χ2v) is 2.56. The highest BCUT2D eigenvalue weighted by molar-refractivity contribution is 4.70. The average Bonchev–Trinajstić information content (AvgIpc) is 1.89. The Kier molecular flexibility index (Phi) is 3.77. The summed E-state index contributed by atoms with van der Waals surface area (Å²) in [5, 5.41) is 17.4. The lowest BCUT2D eigenvalue weighted by atomic mass is 9.95. The van der Waals surface area contributed by atoms with Crippen LogP contribution in [0.1, 0.15) is 6.92 Å². The molecule has 9 heavy (non-hydrogen) atoms. The molecule has 0 unspecified atom stereocenters. The number of hydrogen-bond acceptors (Lipinski definition) is 3. The second-order valence-electron chi connectivity index (χ2n) is 2.56. The molecular weight excluding hydrogens is 120 g/mol. The first-order chi connectivity index (χ1) is 4.18. The summed E-state index contributed by atoms with van der Waals surface area (Å²) in [6.07, 6.45) is 0. The maximum Gasteiger partial charge on any atom is 0.0560 e. The van der Waals surface area contributed by atoms with E-state index >= 15 is 0 Å². The van der Waals surface area contributed by atoms with Crippen molar-refractivity contribution < 1.29 is 14.9 Å². The first kappa shape index (κ1) is 8.88. The zero-order valence-electron chi connectivity index (χ0n) is 5.92. The van der Waals surface area contributed by atoms with Gasteiger partial charge in [-0.1, -0.05) is 6.92 Å². The molecule has 0 atom stereocenters. The first-order valence-corrected chi connectivity index (χ1v) is 2.89. The van der Waals surface area contributed by atoms with Gasteiger partial charge in [0.2, 0.25) is 0 Å². The van der Waals surface area contributed by atoms with Gasteiger partial charge in [-0.2, -0.15) is 0 Å². The van der Waals surface area contributed by atoms with Crippen LogP contribution in [0.2, 0.25) is 0 Å². The Bertz CT molecular complexity index is 68.7. The Hall–Kier alpha value is -0.120. The summed E-state index contributed by atoms with van der Waals surface area (Å²) in [4.78, 5) is 0. The van der Waals surface area contributed by atoms with E-state index in [0.717, 1.165) is 0 Å². The number of aliphatic hydroxyl groups is 2. The Morgan fingerprint density at radius 2 is 1.78 bits per heavy atom. The molecule has 0 fully saturated rings. The third-order valence-corrected chi connectivity index (χ3v) is 1.26. The molecule has 2 N–H and O–H groups in total. The normalized spacial score (nSPS) is 12.0. The van der Waals surface area contributed by atoms with Gasteiger partial charge in [-0.3, -0.25) is 0 Å². The minimum Gasteiger partial charge on any atom is -0.396 e. The zero-order valence-corrected chi connectivity index (χ0v) is 5.92. The molecule has 0 spiro atoms. The maximum atomic E-state index is 8.68. The lowest BCUT2D eigenvalue weighted by molar-refractivity contribution is 0.00153. The molecule has 3 nitrogen and oxygen atoms in total. The minimum atomic E-state index is -0.477. The summed E-state index contributed by atoms with van der Waals surface area (Å²) in [6.45, 7) is 2.06. The quantitative estimate of drug-likeness (QED) is 0.551. The van der Waals surface area contributed by atoms with E-state index in [-0.39, 0.29) is 13.2 Å². The fraction of sp³-hybridized carbons (Fsp3) is 1.00. The largest absolute Gasteiger partial charge is 0.396 e. The first-order valence-electron chi connectivity index (χ1n) is 2.89. The summed E-state index contributed by atoms with van der Waals surface area (Å²) in [7, 11) is 1.55. The molecule has 3 heteroatoms. The van der Waals surface area contributed by atoms with Crippen molar-refractivity contribution in [3.63, 3.8) is 0 Å². The highest BCUT2D eigenvalue weighted by atomic mass is 16.5. The molecule has 0 heterocycles. The van der Waals surface area contributed by atoms with Gasteiger partial charge in [0.15, 0.2) is 0 Å². The molecule has 0 aliphatic rings. The van der Waals surface area contributed by atoms with E-state index in [4.69, 9.17) is 14.9 Å². The van der Waals surface area contributed by atoms with E-state index < -0.39 is 5.41 Å². The molecule has 56 valence electrons. The number of ether oxygens (including phenoxy) is 1. The molecule has 0 rings (SSSR count). The number of rotatable bonds is 4. The maximum absolute atomic E-state index is 8.68. The molecule has 0 aromatic rings. The Morgan fingerprint density at radius 3 is 1.89 bits per heavy atom. The molecule has 0 aliphatic heterocycles. The minimum absolute atomic E-state index is 0.0443. The molecule has 0 aliphatic carbocycles. The molecule has 0 aromatic heterocycles. The lowest BCUT2D eigenvalue weighted by Gasteiger charge is -2.22. The van der Waals surface area contributed by atoms with Crippen molar-refractivity contribution in [3.05, 3.63) is 0 Å². The fourth-order valence-corrected chi connectivity index (χ4v) is 0.490. The second kappa shape index (κ2) is 3.82. The van der Waals surface area contributed by atoms with E-state index in [9.17, 15) is 0 Å². The van der Waals surface area contributed by atoms with Gasteiger partial charge in [0.25, 0.3) is 0 Å². The Labute approximate surface area is 55.3 Å². The highest BCUT2D eigenvalue weighted by Gasteiger charge is 2.21. The van der Waals surface area contributed by atoms with Gasteiger partial charge in [-0.25, -0.2) is 0 Å². The van der Waals surface area contributed by atoms with Crippen LogP contribution in [-0.2, 0) is 4.74 Å². The number of aliphatic hydroxyl groups excluding tert-OH is 2. The molecule has 0 saturated heterocycles. The van der Waals surface area contributed by atoms with Crippen molar-refractivity contribution >= 4 is 0 Å². The van der Waals surface area contributed by atoms with Gasteiger partial charge >= 0.3 is 0 Å². The van der Waals surface area contributed by atoms with Gasteiger partial charge in [0, 0.05) is 12.5 Å². The third kappa shape index (κ3) is 2.79. The molecule has 0 bridgehead atoms. The van der Waals surface area contributed by atoms with Gasteiger partial charge in [0.05, 0.1) is 19.8 Å². The number of methoxy groups -OCH3 is 1. The predicted molar refractivity (Wildman–Crippen MR) is 34.2 cm³/mol. The summed E-state index contributed by atoms with van der Waals surface area (Å²) >= 11 is 0. The van der Waals surface area contributed by atoms with Crippen LogP contribution in [0, 0.1) is 5.41 Å². The fourth-order valence-electron chi connectivity index (χ4n) is 0.490. The molecule has 0 amide bonds. The van der Waals surface area contributed by atoms with Gasteiger partial charge in [-0.15, -0.1) is 0 Å². The summed E-state index contributed by atoms with van der Waals surface area (Å²) in [5.41, 5.74) is -0.477. The van der Waals surface area contributed by atoms with Crippen LogP contribution < -0.4 is 0 Å². The van der Waals surface area contributed by atoms with E-state index in [0.29, 0.717) is 6.61 Å². The SMILES string of the molecule is COCC(C)(CO)CO. The van der Waals surface area contributed by atoms with E-state index in [1.807, 2.05) is 0 Å². The van der Waals surface area contributed by atoms with Crippen LogP contribution in [0.5, 0.6) is 0 Å². The zero-order chi connectivity index (χ0) is 7.33. The van der Waals surface area contributed by atoms with Crippen molar-refractivity contribution in [3.8, 4) is 0 Å². The highest BCUT2D eigenvalue weighted by Crippen LogP contribution is 2.13. The van der Waals surface area contributed by atoms with Crippen LogP contribution >= 0.6 is 0 Å².